The molecule has 1 saturated carbocycles. The van der Waals surface area contributed by atoms with Gasteiger partial charge in [0.05, 0.1) is 23.1 Å². The SMILES string of the molecule is c1cncc(-c2cc3c(C4CCCC4)nn(C4CCCCO4)c3cn2)c1. The van der Waals surface area contributed by atoms with Crippen molar-refractivity contribution in [1.82, 2.24) is 19.7 Å². The monoisotopic (exact) mass is 348 g/mol. The highest BCUT2D eigenvalue weighted by Crippen LogP contribution is 2.39. The van der Waals surface area contributed by atoms with Gasteiger partial charge in [-0.05, 0) is 50.3 Å². The Kier molecular flexibility index (Phi) is 4.17. The zero-order valence-electron chi connectivity index (χ0n) is 15.0. The van der Waals surface area contributed by atoms with Crippen LogP contribution in [0.3, 0.4) is 0 Å². The van der Waals surface area contributed by atoms with Gasteiger partial charge >= 0.3 is 0 Å². The zero-order chi connectivity index (χ0) is 17.3. The molecule has 0 radical (unpaired) electrons. The first kappa shape index (κ1) is 15.9. The number of fused-ring (bicyclic) bond motifs is 1. The fraction of sp³-hybridized carbons (Fsp3) is 0.476. The van der Waals surface area contributed by atoms with E-state index in [0.29, 0.717) is 5.92 Å². The molecule has 0 spiro atoms. The normalized spacial score (nSPS) is 21.5. The van der Waals surface area contributed by atoms with Crippen molar-refractivity contribution in [1.29, 1.82) is 0 Å². The maximum atomic E-state index is 6.03. The summed E-state index contributed by atoms with van der Waals surface area (Å²) in [6, 6.07) is 6.22. The highest BCUT2D eigenvalue weighted by atomic mass is 16.5. The Bertz CT molecular complexity index is 893. The van der Waals surface area contributed by atoms with E-state index in [1.165, 1.54) is 43.2 Å². The molecular weight excluding hydrogens is 324 g/mol. The van der Waals surface area contributed by atoms with Crippen LogP contribution in [-0.2, 0) is 4.74 Å². The molecule has 2 aliphatic rings. The van der Waals surface area contributed by atoms with Gasteiger partial charge in [-0.3, -0.25) is 9.97 Å². The van der Waals surface area contributed by atoms with E-state index in [1.54, 1.807) is 6.20 Å². The minimum Gasteiger partial charge on any atom is -0.356 e. The summed E-state index contributed by atoms with van der Waals surface area (Å²) in [7, 11) is 0. The molecule has 0 aromatic carbocycles. The number of aromatic nitrogens is 4. The molecule has 1 aliphatic heterocycles. The third kappa shape index (κ3) is 2.80. The lowest BCUT2D eigenvalue weighted by molar-refractivity contribution is -0.0369. The van der Waals surface area contributed by atoms with Crippen LogP contribution in [0.15, 0.2) is 36.8 Å². The quantitative estimate of drug-likeness (QED) is 0.679. The Morgan fingerprint density at radius 2 is 1.92 bits per heavy atom. The van der Waals surface area contributed by atoms with Crippen molar-refractivity contribution in [2.75, 3.05) is 6.61 Å². The van der Waals surface area contributed by atoms with Gasteiger partial charge < -0.3 is 4.74 Å². The predicted octanol–water partition coefficient (Wildman–Crippen LogP) is 4.85. The van der Waals surface area contributed by atoms with Crippen molar-refractivity contribution >= 4 is 10.9 Å². The predicted molar refractivity (Wildman–Crippen MR) is 101 cm³/mol. The highest BCUT2D eigenvalue weighted by molar-refractivity contribution is 5.85. The summed E-state index contributed by atoms with van der Waals surface area (Å²) in [5.74, 6) is 0.562. The first-order chi connectivity index (χ1) is 12.9. The van der Waals surface area contributed by atoms with E-state index in [-0.39, 0.29) is 6.23 Å². The van der Waals surface area contributed by atoms with Crippen molar-refractivity contribution < 1.29 is 4.74 Å². The summed E-state index contributed by atoms with van der Waals surface area (Å²) in [4.78, 5) is 8.96. The molecule has 1 unspecified atom stereocenters. The standard InChI is InChI=1S/C21H24N4O/c1-2-7-15(6-1)21-17-12-18(16-8-5-10-22-13-16)23-14-19(17)25(24-21)20-9-3-4-11-26-20/h5,8,10,12-15,20H,1-4,6-7,9,11H2. The fourth-order valence-electron chi connectivity index (χ4n) is 4.37. The first-order valence-electron chi connectivity index (χ1n) is 9.80. The lowest BCUT2D eigenvalue weighted by Gasteiger charge is -2.23. The molecule has 1 saturated heterocycles. The Morgan fingerprint density at radius 3 is 2.69 bits per heavy atom. The lowest BCUT2D eigenvalue weighted by atomic mass is 10.00. The highest BCUT2D eigenvalue weighted by Gasteiger charge is 2.27. The van der Waals surface area contributed by atoms with E-state index >= 15 is 0 Å². The largest absolute Gasteiger partial charge is 0.356 e. The van der Waals surface area contributed by atoms with Crippen LogP contribution in [0.4, 0.5) is 0 Å². The van der Waals surface area contributed by atoms with E-state index in [1.807, 2.05) is 18.5 Å². The van der Waals surface area contributed by atoms with Crippen LogP contribution >= 0.6 is 0 Å². The molecule has 5 nitrogen and oxygen atoms in total. The van der Waals surface area contributed by atoms with Gasteiger partial charge in [0, 0.05) is 35.9 Å². The minimum absolute atomic E-state index is 0.0486. The second-order valence-corrected chi connectivity index (χ2v) is 7.46. The van der Waals surface area contributed by atoms with Gasteiger partial charge in [0.1, 0.15) is 0 Å². The smallest absolute Gasteiger partial charge is 0.150 e. The molecule has 26 heavy (non-hydrogen) atoms. The summed E-state index contributed by atoms with van der Waals surface area (Å²) in [6.45, 7) is 0.825. The Balaban J connectivity index is 1.64. The molecule has 3 aromatic rings. The molecule has 134 valence electrons. The Labute approximate surface area is 153 Å². The molecule has 1 atom stereocenters. The third-order valence-electron chi connectivity index (χ3n) is 5.75. The Hall–Kier alpha value is -2.27. The summed E-state index contributed by atoms with van der Waals surface area (Å²) in [6.07, 6.45) is 14.2. The van der Waals surface area contributed by atoms with E-state index in [2.05, 4.69) is 21.8 Å². The van der Waals surface area contributed by atoms with E-state index in [4.69, 9.17) is 14.8 Å². The second-order valence-electron chi connectivity index (χ2n) is 7.46. The van der Waals surface area contributed by atoms with Crippen LogP contribution in [0.5, 0.6) is 0 Å². The van der Waals surface area contributed by atoms with Crippen LogP contribution in [0.2, 0.25) is 0 Å². The van der Waals surface area contributed by atoms with Gasteiger partial charge in [-0.2, -0.15) is 5.10 Å². The zero-order valence-corrected chi connectivity index (χ0v) is 15.0. The molecule has 5 rings (SSSR count). The third-order valence-corrected chi connectivity index (χ3v) is 5.75. The fourth-order valence-corrected chi connectivity index (χ4v) is 4.37. The molecule has 1 aliphatic carbocycles. The maximum Gasteiger partial charge on any atom is 0.150 e. The van der Waals surface area contributed by atoms with Crippen LogP contribution in [0.1, 0.15) is 62.8 Å². The van der Waals surface area contributed by atoms with Crippen LogP contribution in [0.25, 0.3) is 22.2 Å². The van der Waals surface area contributed by atoms with Gasteiger partial charge in [-0.1, -0.05) is 12.8 Å². The molecule has 3 aromatic heterocycles. The Morgan fingerprint density at radius 1 is 1.04 bits per heavy atom. The molecule has 2 fully saturated rings. The van der Waals surface area contributed by atoms with Gasteiger partial charge in [0.2, 0.25) is 0 Å². The number of nitrogens with zero attached hydrogens (tertiary/aromatic N) is 4. The number of rotatable bonds is 3. The number of hydrogen-bond acceptors (Lipinski definition) is 4. The van der Waals surface area contributed by atoms with Crippen LogP contribution in [0, 0.1) is 0 Å². The van der Waals surface area contributed by atoms with E-state index in [9.17, 15) is 0 Å². The summed E-state index contributed by atoms with van der Waals surface area (Å²) in [5, 5.41) is 6.30. The lowest BCUT2D eigenvalue weighted by Crippen LogP contribution is -2.19. The molecule has 4 heterocycles. The first-order valence-corrected chi connectivity index (χ1v) is 9.80. The number of pyridine rings is 2. The van der Waals surface area contributed by atoms with Gasteiger partial charge in [0.25, 0.3) is 0 Å². The van der Waals surface area contributed by atoms with E-state index in [0.717, 1.165) is 36.2 Å². The van der Waals surface area contributed by atoms with Gasteiger partial charge in [0.15, 0.2) is 6.23 Å². The van der Waals surface area contributed by atoms with Crippen molar-refractivity contribution in [3.8, 4) is 11.3 Å². The van der Waals surface area contributed by atoms with Crippen molar-refractivity contribution in [2.24, 2.45) is 0 Å². The molecule has 0 N–H and O–H groups in total. The maximum absolute atomic E-state index is 6.03. The molecule has 0 amide bonds. The summed E-state index contributed by atoms with van der Waals surface area (Å²) < 4.78 is 8.13. The second kappa shape index (κ2) is 6.80. The average molecular weight is 348 g/mol. The molecule has 0 bridgehead atoms. The number of hydrogen-bond donors (Lipinski definition) is 0. The summed E-state index contributed by atoms with van der Waals surface area (Å²) in [5.41, 5.74) is 4.35. The van der Waals surface area contributed by atoms with Crippen molar-refractivity contribution in [3.63, 3.8) is 0 Å². The summed E-state index contributed by atoms with van der Waals surface area (Å²) >= 11 is 0. The van der Waals surface area contributed by atoms with Crippen LogP contribution in [-0.4, -0.2) is 26.4 Å². The van der Waals surface area contributed by atoms with Crippen LogP contribution < -0.4 is 0 Å². The topological polar surface area (TPSA) is 52.8 Å². The van der Waals surface area contributed by atoms with Crippen molar-refractivity contribution in [3.05, 3.63) is 42.5 Å². The van der Waals surface area contributed by atoms with Crippen molar-refractivity contribution in [2.45, 2.75) is 57.1 Å². The number of ether oxygens (including phenoxy) is 1. The minimum atomic E-state index is 0.0486. The molecular formula is C21H24N4O. The van der Waals surface area contributed by atoms with Gasteiger partial charge in [-0.25, -0.2) is 4.68 Å². The average Bonchev–Trinajstić information content (AvgIpc) is 3.36. The molecule has 5 heteroatoms. The van der Waals surface area contributed by atoms with E-state index < -0.39 is 0 Å². The van der Waals surface area contributed by atoms with Gasteiger partial charge in [-0.15, -0.1) is 0 Å².